The molecular weight excluding hydrogens is 207 g/mol. The second kappa shape index (κ2) is 10.5. The molecule has 0 fully saturated rings. The molecule has 2 N–H and O–H groups in total. The number of unbranched alkanes of at least 4 members (excludes halogenated alkanes) is 1. The molecular formula is C6H13NaO5S. The second-order valence-electron chi connectivity index (χ2n) is 1.97. The predicted octanol–water partition coefficient (Wildman–Crippen LogP) is -2.42. The van der Waals surface area contributed by atoms with E-state index in [1.165, 1.54) is 6.42 Å². The van der Waals surface area contributed by atoms with E-state index in [1.54, 1.807) is 0 Å². The van der Waals surface area contributed by atoms with E-state index in [4.69, 9.17) is 9.66 Å². The van der Waals surface area contributed by atoms with E-state index in [2.05, 4.69) is 13.8 Å². The van der Waals surface area contributed by atoms with Crippen LogP contribution in [-0.4, -0.2) is 29.8 Å². The van der Waals surface area contributed by atoms with E-state index in [-0.39, 0.29) is 29.6 Å². The summed E-state index contributed by atoms with van der Waals surface area (Å²) in [6.45, 7) is 5.72. The van der Waals surface area contributed by atoms with Gasteiger partial charge in [0.15, 0.2) is 5.75 Å². The smallest absolute Gasteiger partial charge is 0.480 e. The quantitative estimate of drug-likeness (QED) is 0.314. The van der Waals surface area contributed by atoms with Crippen LogP contribution in [-0.2, 0) is 14.9 Å². The summed E-state index contributed by atoms with van der Waals surface area (Å²) < 4.78 is 27.0. The summed E-state index contributed by atoms with van der Waals surface area (Å²) in [5.41, 5.74) is 0. The Morgan fingerprint density at radius 2 is 1.77 bits per heavy atom. The van der Waals surface area contributed by atoms with Crippen molar-refractivity contribution < 1.29 is 52.4 Å². The van der Waals surface area contributed by atoms with E-state index in [1.807, 2.05) is 0 Å². The summed E-state index contributed by atoms with van der Waals surface area (Å²) >= 11 is 0. The molecule has 0 rings (SSSR count). The predicted molar refractivity (Wildman–Crippen MR) is 44.3 cm³/mol. The summed E-state index contributed by atoms with van der Waals surface area (Å²) in [5, 5.41) is 7.71. The topological polar surface area (TPSA) is 91.7 Å². The molecule has 0 bridgehead atoms. The molecule has 0 aromatic rings. The van der Waals surface area contributed by atoms with Gasteiger partial charge in [-0.2, -0.15) is 14.8 Å². The molecule has 0 spiro atoms. The molecule has 0 unspecified atom stereocenters. The third-order valence-corrected chi connectivity index (χ3v) is 1.27. The van der Waals surface area contributed by atoms with Gasteiger partial charge >= 0.3 is 35.5 Å². The van der Waals surface area contributed by atoms with Crippen LogP contribution in [0.3, 0.4) is 0 Å². The first-order chi connectivity index (χ1) is 5.33. The van der Waals surface area contributed by atoms with Crippen molar-refractivity contribution in [3.8, 4) is 0 Å². The van der Waals surface area contributed by atoms with E-state index >= 15 is 0 Å². The van der Waals surface area contributed by atoms with Crippen molar-refractivity contribution >= 4 is 16.1 Å². The van der Waals surface area contributed by atoms with Gasteiger partial charge in [-0.1, -0.05) is 13.3 Å². The van der Waals surface area contributed by atoms with Gasteiger partial charge in [-0.25, -0.2) is 0 Å². The zero-order valence-corrected chi connectivity index (χ0v) is 10.7. The maximum Gasteiger partial charge on any atom is 1.00 e. The molecule has 74 valence electrons. The van der Waals surface area contributed by atoms with Gasteiger partial charge in [-0.3, -0.25) is 9.35 Å². The SMILES string of the molecule is O=C(O)CS(=O)(=O)O.[CH2-]CCC.[Na+]. The molecule has 13 heavy (non-hydrogen) atoms. The molecule has 0 saturated heterocycles. The zero-order chi connectivity index (χ0) is 10.2. The van der Waals surface area contributed by atoms with Crippen LogP contribution in [0.1, 0.15) is 19.8 Å². The van der Waals surface area contributed by atoms with Crippen LogP contribution in [0.2, 0.25) is 0 Å². The van der Waals surface area contributed by atoms with Crippen LogP contribution in [0.4, 0.5) is 0 Å². The molecule has 0 atom stereocenters. The summed E-state index contributed by atoms with van der Waals surface area (Å²) in [5.74, 6) is -2.79. The van der Waals surface area contributed by atoms with Gasteiger partial charge in [-0.15, -0.1) is 0 Å². The van der Waals surface area contributed by atoms with Crippen LogP contribution in [0.5, 0.6) is 0 Å². The Kier molecular flexibility index (Phi) is 15.3. The summed E-state index contributed by atoms with van der Waals surface area (Å²) in [6.07, 6.45) is 2.28. The minimum atomic E-state index is -4.32. The third-order valence-electron chi connectivity index (χ3n) is 0.659. The van der Waals surface area contributed by atoms with Crippen molar-refractivity contribution in [2.24, 2.45) is 0 Å². The van der Waals surface area contributed by atoms with Gasteiger partial charge in [0, 0.05) is 0 Å². The summed E-state index contributed by atoms with van der Waals surface area (Å²) in [4.78, 5) is 9.48. The number of carboxylic acids is 1. The van der Waals surface area contributed by atoms with Crippen LogP contribution < -0.4 is 29.6 Å². The molecule has 0 aliphatic heterocycles. The normalized spacial score (nSPS) is 9.15. The third kappa shape index (κ3) is 32.8. The van der Waals surface area contributed by atoms with E-state index in [0.29, 0.717) is 0 Å². The number of carboxylic acid groups (broad SMARTS) is 1. The van der Waals surface area contributed by atoms with Gasteiger partial charge in [0.2, 0.25) is 0 Å². The Bertz CT molecular complexity index is 209. The maximum absolute atomic E-state index is 9.62. The fourth-order valence-corrected chi connectivity index (χ4v) is 0.468. The Morgan fingerprint density at radius 3 is 1.77 bits per heavy atom. The molecule has 0 aromatic carbocycles. The molecule has 0 aromatic heterocycles. The second-order valence-corrected chi connectivity index (χ2v) is 3.43. The first-order valence-corrected chi connectivity index (χ1v) is 4.90. The zero-order valence-electron chi connectivity index (χ0n) is 7.86. The van der Waals surface area contributed by atoms with Crippen molar-refractivity contribution in [3.05, 3.63) is 6.92 Å². The maximum atomic E-state index is 9.62. The van der Waals surface area contributed by atoms with Crippen molar-refractivity contribution in [3.63, 3.8) is 0 Å². The van der Waals surface area contributed by atoms with Crippen molar-refractivity contribution in [2.45, 2.75) is 19.8 Å². The molecule has 0 heterocycles. The van der Waals surface area contributed by atoms with Crippen molar-refractivity contribution in [1.29, 1.82) is 0 Å². The number of carbonyl (C=O) groups is 1. The van der Waals surface area contributed by atoms with Crippen LogP contribution >= 0.6 is 0 Å². The van der Waals surface area contributed by atoms with E-state index < -0.39 is 21.8 Å². The average Bonchev–Trinajstić information content (AvgIpc) is 1.83. The van der Waals surface area contributed by atoms with Crippen molar-refractivity contribution in [2.75, 3.05) is 5.75 Å². The average molecular weight is 220 g/mol. The molecule has 0 radical (unpaired) electrons. The first-order valence-electron chi connectivity index (χ1n) is 3.29. The number of hydrogen-bond acceptors (Lipinski definition) is 3. The molecule has 0 aliphatic carbocycles. The standard InChI is InChI=1S/C4H9.C2H4O5S.Na/c1-3-4-2;3-2(4)1-8(5,6)7;/h1,3-4H2,2H3;1H2,(H,3,4)(H,5,6,7);/q-1;;+1. The molecule has 0 saturated carbocycles. The van der Waals surface area contributed by atoms with Gasteiger partial charge < -0.3 is 12.0 Å². The van der Waals surface area contributed by atoms with Gasteiger partial charge in [0.05, 0.1) is 0 Å². The molecule has 5 nitrogen and oxygen atoms in total. The number of aliphatic carboxylic acids is 1. The Balaban J connectivity index is -0.000000173. The van der Waals surface area contributed by atoms with E-state index in [9.17, 15) is 13.2 Å². The molecule has 0 aliphatic rings. The number of rotatable bonds is 3. The fraction of sp³-hybridized carbons (Fsp3) is 0.667. The summed E-state index contributed by atoms with van der Waals surface area (Å²) in [6, 6.07) is 0. The minimum Gasteiger partial charge on any atom is -0.480 e. The van der Waals surface area contributed by atoms with E-state index in [0.717, 1.165) is 6.42 Å². The van der Waals surface area contributed by atoms with Gasteiger partial charge in [0.1, 0.15) is 0 Å². The monoisotopic (exact) mass is 220 g/mol. The Labute approximate surface area is 101 Å². The minimum absolute atomic E-state index is 0. The largest absolute Gasteiger partial charge is 1.00 e. The Morgan fingerprint density at radius 1 is 1.46 bits per heavy atom. The van der Waals surface area contributed by atoms with Crippen LogP contribution in [0, 0.1) is 6.92 Å². The molecule has 7 heteroatoms. The fourth-order valence-electron chi connectivity index (χ4n) is 0.156. The molecule has 0 amide bonds. The van der Waals surface area contributed by atoms with Gasteiger partial charge in [0.25, 0.3) is 10.1 Å². The number of hydrogen-bond donors (Lipinski definition) is 2. The first kappa shape index (κ1) is 19.0. The Hall–Kier alpha value is 0.380. The van der Waals surface area contributed by atoms with Crippen molar-refractivity contribution in [1.82, 2.24) is 0 Å². The van der Waals surface area contributed by atoms with Crippen LogP contribution in [0.15, 0.2) is 0 Å². The summed E-state index contributed by atoms with van der Waals surface area (Å²) in [7, 11) is -4.32. The van der Waals surface area contributed by atoms with Crippen LogP contribution in [0.25, 0.3) is 0 Å². The van der Waals surface area contributed by atoms with Gasteiger partial charge in [-0.05, 0) is 0 Å².